The molecular formula is C17H17ClN4O2. The number of esters is 1. The van der Waals surface area contributed by atoms with E-state index >= 15 is 0 Å². The number of hydrogen-bond acceptors (Lipinski definition) is 5. The Balaban J connectivity index is 1.95. The first-order chi connectivity index (χ1) is 11.5. The minimum atomic E-state index is -0.838. The molecule has 0 bridgehead atoms. The lowest BCUT2D eigenvalue weighted by Gasteiger charge is -2.16. The first-order valence-corrected chi connectivity index (χ1v) is 8.51. The molecule has 0 aromatic carbocycles. The summed E-state index contributed by atoms with van der Waals surface area (Å²) in [6.45, 7) is 4.09. The molecule has 6 nitrogen and oxygen atoms in total. The molecule has 2 aromatic heterocycles. The van der Waals surface area contributed by atoms with Crippen LogP contribution in [0, 0.1) is 17.2 Å². The maximum atomic E-state index is 12.6. The average molecular weight is 345 g/mol. The summed E-state index contributed by atoms with van der Waals surface area (Å²) in [5.41, 5.74) is -0.147. The van der Waals surface area contributed by atoms with Gasteiger partial charge < -0.3 is 4.74 Å². The Labute approximate surface area is 144 Å². The summed E-state index contributed by atoms with van der Waals surface area (Å²) in [5.74, 6) is -0.192. The van der Waals surface area contributed by atoms with Gasteiger partial charge in [-0.05, 0) is 44.2 Å². The first-order valence-electron chi connectivity index (χ1n) is 8.13. The van der Waals surface area contributed by atoms with Crippen LogP contribution in [-0.4, -0.2) is 27.3 Å². The third kappa shape index (κ3) is 1.91. The van der Waals surface area contributed by atoms with Crippen LogP contribution in [-0.2, 0) is 20.5 Å². The van der Waals surface area contributed by atoms with E-state index in [0.29, 0.717) is 29.5 Å². The van der Waals surface area contributed by atoms with Crippen molar-refractivity contribution >= 4 is 28.6 Å². The lowest BCUT2D eigenvalue weighted by atomic mass is 10.0. The zero-order chi connectivity index (χ0) is 17.1. The number of fused-ring (bicyclic) bond motifs is 1. The molecule has 2 fully saturated rings. The molecule has 2 aliphatic rings. The monoisotopic (exact) mass is 344 g/mol. The summed E-state index contributed by atoms with van der Waals surface area (Å²) >= 11 is 6.08. The SMILES string of the molecule is CCOC(=O)[C@]1(n2nc(C3(C#N)CC3)c3ccc(Cl)nc32)C[C@@H]1C. The number of nitriles is 1. The van der Waals surface area contributed by atoms with E-state index in [1.807, 2.05) is 13.0 Å². The molecule has 0 N–H and O–H groups in total. The molecule has 0 saturated heterocycles. The lowest BCUT2D eigenvalue weighted by molar-refractivity contribution is -0.149. The van der Waals surface area contributed by atoms with Crippen molar-refractivity contribution < 1.29 is 9.53 Å². The van der Waals surface area contributed by atoms with Crippen LogP contribution in [0.5, 0.6) is 0 Å². The molecule has 2 heterocycles. The highest BCUT2D eigenvalue weighted by molar-refractivity contribution is 6.29. The molecule has 4 rings (SSSR count). The van der Waals surface area contributed by atoms with Gasteiger partial charge in [-0.25, -0.2) is 14.5 Å². The molecule has 2 aromatic rings. The molecule has 0 aliphatic heterocycles. The van der Waals surface area contributed by atoms with Crippen LogP contribution in [0.4, 0.5) is 0 Å². The third-order valence-corrected chi connectivity index (χ3v) is 5.40. The van der Waals surface area contributed by atoms with Crippen LogP contribution < -0.4 is 0 Å². The van der Waals surface area contributed by atoms with Gasteiger partial charge in [0.2, 0.25) is 0 Å². The molecule has 124 valence electrons. The highest BCUT2D eigenvalue weighted by Crippen LogP contribution is 2.54. The highest BCUT2D eigenvalue weighted by atomic mass is 35.5. The fourth-order valence-corrected chi connectivity index (χ4v) is 3.60. The summed E-state index contributed by atoms with van der Waals surface area (Å²) in [6, 6.07) is 5.91. The van der Waals surface area contributed by atoms with Gasteiger partial charge in [0, 0.05) is 5.39 Å². The van der Waals surface area contributed by atoms with Crippen LogP contribution >= 0.6 is 11.6 Å². The molecule has 0 radical (unpaired) electrons. The molecule has 0 amide bonds. The number of aromatic nitrogens is 3. The predicted octanol–water partition coefficient (Wildman–Crippen LogP) is 2.94. The van der Waals surface area contributed by atoms with Crippen molar-refractivity contribution in [3.63, 3.8) is 0 Å². The van der Waals surface area contributed by atoms with E-state index in [-0.39, 0.29) is 11.9 Å². The van der Waals surface area contributed by atoms with E-state index in [0.717, 1.165) is 18.2 Å². The Hall–Kier alpha value is -2.13. The minimum Gasteiger partial charge on any atom is -0.464 e. The maximum absolute atomic E-state index is 12.6. The molecule has 0 spiro atoms. The van der Waals surface area contributed by atoms with Gasteiger partial charge >= 0.3 is 5.97 Å². The Bertz CT molecular complexity index is 896. The largest absolute Gasteiger partial charge is 0.464 e. The van der Waals surface area contributed by atoms with Gasteiger partial charge in [-0.3, -0.25) is 0 Å². The van der Waals surface area contributed by atoms with E-state index in [9.17, 15) is 10.1 Å². The van der Waals surface area contributed by atoms with Crippen molar-refractivity contribution in [3.05, 3.63) is 23.0 Å². The van der Waals surface area contributed by atoms with Gasteiger partial charge in [0.1, 0.15) is 10.6 Å². The van der Waals surface area contributed by atoms with Crippen molar-refractivity contribution in [2.24, 2.45) is 5.92 Å². The van der Waals surface area contributed by atoms with Crippen LogP contribution in [0.1, 0.15) is 38.8 Å². The zero-order valence-electron chi connectivity index (χ0n) is 13.5. The zero-order valence-corrected chi connectivity index (χ0v) is 14.3. The smallest absolute Gasteiger partial charge is 0.334 e. The van der Waals surface area contributed by atoms with Gasteiger partial charge in [0.05, 0.1) is 18.4 Å². The molecule has 2 aliphatic carbocycles. The third-order valence-electron chi connectivity index (χ3n) is 5.19. The quantitative estimate of drug-likeness (QED) is 0.629. The van der Waals surface area contributed by atoms with Gasteiger partial charge in [0.25, 0.3) is 0 Å². The van der Waals surface area contributed by atoms with Crippen molar-refractivity contribution in [3.8, 4) is 6.07 Å². The Morgan fingerprint density at radius 1 is 1.54 bits per heavy atom. The van der Waals surface area contributed by atoms with E-state index < -0.39 is 11.0 Å². The van der Waals surface area contributed by atoms with Crippen LogP contribution in [0.2, 0.25) is 5.15 Å². The normalized spacial score (nSPS) is 26.8. The van der Waals surface area contributed by atoms with Gasteiger partial charge in [-0.15, -0.1) is 0 Å². The molecule has 2 atom stereocenters. The number of rotatable bonds is 4. The Morgan fingerprint density at radius 2 is 2.25 bits per heavy atom. The standard InChI is InChI=1S/C17H17ClN4O2/c1-3-24-15(23)17(8-10(17)2)22-14-11(4-5-12(18)20-14)13(21-22)16(9-19)6-7-16/h4-5,10H,3,6-8H2,1-2H3/t10-,17-/m0/s1. The molecular weight excluding hydrogens is 328 g/mol. The second-order valence-corrected chi connectivity index (χ2v) is 7.10. The maximum Gasteiger partial charge on any atom is 0.334 e. The fourth-order valence-electron chi connectivity index (χ4n) is 3.46. The average Bonchev–Trinajstić information content (AvgIpc) is 3.45. The van der Waals surface area contributed by atoms with Gasteiger partial charge in [0.15, 0.2) is 11.2 Å². The van der Waals surface area contributed by atoms with Crippen molar-refractivity contribution in [1.82, 2.24) is 14.8 Å². The Kier molecular flexibility index (Phi) is 3.17. The summed E-state index contributed by atoms with van der Waals surface area (Å²) in [5, 5.41) is 15.4. The summed E-state index contributed by atoms with van der Waals surface area (Å²) in [7, 11) is 0. The number of carbonyl (C=O) groups is 1. The second-order valence-electron chi connectivity index (χ2n) is 6.71. The van der Waals surface area contributed by atoms with Crippen LogP contribution in [0.3, 0.4) is 0 Å². The molecule has 2 saturated carbocycles. The second kappa shape index (κ2) is 4.93. The van der Waals surface area contributed by atoms with Gasteiger partial charge in [-0.2, -0.15) is 10.4 Å². The first kappa shape index (κ1) is 15.4. The highest BCUT2D eigenvalue weighted by Gasteiger charge is 2.63. The fraction of sp³-hybridized carbons (Fsp3) is 0.529. The molecule has 7 heteroatoms. The van der Waals surface area contributed by atoms with E-state index in [1.165, 1.54) is 0 Å². The van der Waals surface area contributed by atoms with Crippen molar-refractivity contribution in [1.29, 1.82) is 5.26 Å². The van der Waals surface area contributed by atoms with Crippen molar-refractivity contribution in [2.45, 2.75) is 44.1 Å². The summed E-state index contributed by atoms with van der Waals surface area (Å²) < 4.78 is 6.94. The Morgan fingerprint density at radius 3 is 2.79 bits per heavy atom. The number of pyridine rings is 1. The van der Waals surface area contributed by atoms with E-state index in [4.69, 9.17) is 21.4 Å². The van der Waals surface area contributed by atoms with E-state index in [2.05, 4.69) is 11.1 Å². The topological polar surface area (TPSA) is 80.8 Å². The van der Waals surface area contributed by atoms with Crippen LogP contribution in [0.15, 0.2) is 12.1 Å². The number of ether oxygens (including phenoxy) is 1. The number of halogens is 1. The minimum absolute atomic E-state index is 0.102. The van der Waals surface area contributed by atoms with Crippen molar-refractivity contribution in [2.75, 3.05) is 6.61 Å². The predicted molar refractivity (Wildman–Crippen MR) is 87.5 cm³/mol. The molecule has 0 unspecified atom stereocenters. The number of carbonyl (C=O) groups excluding carboxylic acids is 1. The number of hydrogen-bond donors (Lipinski definition) is 0. The number of nitrogens with zero attached hydrogens (tertiary/aromatic N) is 4. The summed E-state index contributed by atoms with van der Waals surface area (Å²) in [6.07, 6.45) is 2.20. The van der Waals surface area contributed by atoms with Gasteiger partial charge in [-0.1, -0.05) is 18.5 Å². The summed E-state index contributed by atoms with van der Waals surface area (Å²) in [4.78, 5) is 17.0. The van der Waals surface area contributed by atoms with Crippen LogP contribution in [0.25, 0.3) is 11.0 Å². The lowest BCUT2D eigenvalue weighted by Crippen LogP contribution is -2.33. The molecule has 24 heavy (non-hydrogen) atoms. The van der Waals surface area contributed by atoms with E-state index in [1.54, 1.807) is 17.7 Å².